The summed E-state index contributed by atoms with van der Waals surface area (Å²) < 4.78 is 48.6. The number of aromatic nitrogens is 2. The maximum absolute atomic E-state index is 13.9. The van der Waals surface area contributed by atoms with Gasteiger partial charge in [0, 0.05) is 26.2 Å². The predicted octanol–water partition coefficient (Wildman–Crippen LogP) is 3.80. The Balaban J connectivity index is 1.42. The van der Waals surface area contributed by atoms with E-state index in [-0.39, 0.29) is 17.8 Å². The first kappa shape index (κ1) is 23.1. The first-order valence-corrected chi connectivity index (χ1v) is 11.0. The van der Waals surface area contributed by atoms with Gasteiger partial charge in [0.05, 0.1) is 24.8 Å². The molecule has 7 nitrogen and oxygen atoms in total. The largest absolute Gasteiger partial charge is 0.495 e. The van der Waals surface area contributed by atoms with E-state index in [0.29, 0.717) is 12.3 Å². The summed E-state index contributed by atoms with van der Waals surface area (Å²) in [5.41, 5.74) is 0.836. The van der Waals surface area contributed by atoms with Crippen LogP contribution in [0.4, 0.5) is 13.2 Å². The highest BCUT2D eigenvalue weighted by Gasteiger charge is 2.50. The summed E-state index contributed by atoms with van der Waals surface area (Å²) in [6.45, 7) is 2.30. The van der Waals surface area contributed by atoms with E-state index in [2.05, 4.69) is 9.98 Å². The zero-order valence-electron chi connectivity index (χ0n) is 19.4. The topological polar surface area (TPSA) is 66.1 Å². The van der Waals surface area contributed by atoms with Crippen LogP contribution in [0.3, 0.4) is 0 Å². The van der Waals surface area contributed by atoms with Crippen LogP contribution in [0.5, 0.6) is 5.75 Å². The van der Waals surface area contributed by atoms with Crippen molar-refractivity contribution in [3.63, 3.8) is 0 Å². The monoisotopic (exact) mass is 483 g/mol. The molecule has 1 saturated heterocycles. The molecule has 0 bridgehead atoms. The van der Waals surface area contributed by atoms with E-state index in [0.717, 1.165) is 29.1 Å². The van der Waals surface area contributed by atoms with E-state index in [1.165, 1.54) is 0 Å². The fraction of sp³-hybridized carbons (Fsp3) is 0.280. The van der Waals surface area contributed by atoms with Crippen molar-refractivity contribution in [3.8, 4) is 11.4 Å². The standard InChI is InChI=1S/C25H24F3N5O2/c1-15-13-32(14-29-15)20-6-4-16(10-21(20)35-3)5-7-22-30-24-25(34,8-9-33(24)31(22)2)17-11-18(26)23(28)19(27)12-17/h4-7,10-14,22,34H,8-9H2,1-3H3/b7-5+. The maximum Gasteiger partial charge on any atom is 0.194 e. The molecule has 0 radical (unpaired) electrons. The number of aliphatic imine (C=N–C) groups is 1. The van der Waals surface area contributed by atoms with Gasteiger partial charge in [0.2, 0.25) is 0 Å². The van der Waals surface area contributed by atoms with Crippen molar-refractivity contribution in [1.29, 1.82) is 0 Å². The molecule has 1 fully saturated rings. The van der Waals surface area contributed by atoms with Gasteiger partial charge in [-0.2, -0.15) is 5.01 Å². The van der Waals surface area contributed by atoms with Crippen LogP contribution >= 0.6 is 0 Å². The molecule has 2 aliphatic rings. The Kier molecular flexibility index (Phi) is 5.65. The number of methoxy groups -OCH3 is 1. The number of nitrogens with zero attached hydrogens (tertiary/aromatic N) is 5. The molecule has 0 spiro atoms. The Labute approximate surface area is 200 Å². The van der Waals surface area contributed by atoms with Gasteiger partial charge in [-0.3, -0.25) is 5.01 Å². The zero-order chi connectivity index (χ0) is 24.9. The first-order valence-electron chi connectivity index (χ1n) is 11.0. The van der Waals surface area contributed by atoms with E-state index >= 15 is 0 Å². The second kappa shape index (κ2) is 8.54. The number of amidine groups is 1. The Bertz CT molecular complexity index is 1330. The lowest BCUT2D eigenvalue weighted by atomic mass is 9.91. The number of hydrogen-bond acceptors (Lipinski definition) is 6. The molecule has 35 heavy (non-hydrogen) atoms. The fourth-order valence-electron chi connectivity index (χ4n) is 4.53. The number of hydrogen-bond donors (Lipinski definition) is 1. The van der Waals surface area contributed by atoms with E-state index in [1.54, 1.807) is 18.4 Å². The van der Waals surface area contributed by atoms with Crippen LogP contribution in [-0.2, 0) is 5.60 Å². The molecule has 3 heterocycles. The van der Waals surface area contributed by atoms with E-state index in [1.807, 2.05) is 60.1 Å². The van der Waals surface area contributed by atoms with Gasteiger partial charge >= 0.3 is 0 Å². The van der Waals surface area contributed by atoms with Gasteiger partial charge in [-0.1, -0.05) is 12.1 Å². The van der Waals surface area contributed by atoms with Crippen molar-refractivity contribution in [2.24, 2.45) is 4.99 Å². The summed E-state index contributed by atoms with van der Waals surface area (Å²) in [6, 6.07) is 7.41. The molecule has 0 amide bonds. The third-order valence-electron chi connectivity index (χ3n) is 6.43. The normalized spacial score (nSPS) is 22.2. The van der Waals surface area contributed by atoms with Crippen LogP contribution in [0, 0.1) is 24.4 Å². The lowest BCUT2D eigenvalue weighted by Gasteiger charge is -2.27. The molecule has 182 valence electrons. The van der Waals surface area contributed by atoms with Gasteiger partial charge in [-0.25, -0.2) is 23.1 Å². The number of aryl methyl sites for hydroxylation is 1. The third kappa shape index (κ3) is 3.88. The highest BCUT2D eigenvalue weighted by atomic mass is 19.2. The first-order chi connectivity index (χ1) is 16.7. The minimum atomic E-state index is -1.72. The lowest BCUT2D eigenvalue weighted by molar-refractivity contribution is 0.0859. The number of benzene rings is 2. The predicted molar refractivity (Wildman–Crippen MR) is 124 cm³/mol. The van der Waals surface area contributed by atoms with Gasteiger partial charge in [0.1, 0.15) is 17.5 Å². The van der Waals surface area contributed by atoms with Crippen molar-refractivity contribution in [3.05, 3.63) is 83.2 Å². The summed E-state index contributed by atoms with van der Waals surface area (Å²) in [5, 5.41) is 14.9. The molecule has 0 aliphatic carbocycles. The molecule has 0 saturated carbocycles. The van der Waals surface area contributed by atoms with Gasteiger partial charge in [-0.05, 0) is 48.4 Å². The molecule has 2 unspecified atom stereocenters. The molecule has 5 rings (SSSR count). The van der Waals surface area contributed by atoms with E-state index < -0.39 is 29.2 Å². The smallest absolute Gasteiger partial charge is 0.194 e. The average molecular weight is 483 g/mol. The number of halogens is 3. The number of imidazole rings is 1. The highest BCUT2D eigenvalue weighted by molar-refractivity contribution is 5.94. The zero-order valence-corrected chi connectivity index (χ0v) is 19.4. The Morgan fingerprint density at radius 1 is 1.17 bits per heavy atom. The van der Waals surface area contributed by atoms with Crippen LogP contribution in [0.25, 0.3) is 11.8 Å². The molecule has 10 heteroatoms. The highest BCUT2D eigenvalue weighted by Crippen LogP contribution is 2.39. The van der Waals surface area contributed by atoms with E-state index in [9.17, 15) is 18.3 Å². The summed E-state index contributed by atoms with van der Waals surface area (Å²) in [4.78, 5) is 8.87. The quantitative estimate of drug-likeness (QED) is 0.560. The molecule has 2 aliphatic heterocycles. The van der Waals surface area contributed by atoms with Crippen molar-refractivity contribution in [2.75, 3.05) is 20.7 Å². The Hall–Kier alpha value is -3.63. The van der Waals surface area contributed by atoms with Crippen molar-refractivity contribution >= 4 is 11.9 Å². The number of hydrazine groups is 1. The summed E-state index contributed by atoms with van der Waals surface area (Å²) in [6.07, 6.45) is 7.09. The van der Waals surface area contributed by atoms with Crippen molar-refractivity contribution in [1.82, 2.24) is 19.6 Å². The molecular weight excluding hydrogens is 459 g/mol. The maximum atomic E-state index is 13.9. The van der Waals surface area contributed by atoms with Gasteiger partial charge in [-0.15, -0.1) is 0 Å². The van der Waals surface area contributed by atoms with Crippen LogP contribution < -0.4 is 4.74 Å². The Morgan fingerprint density at radius 2 is 1.91 bits per heavy atom. The summed E-state index contributed by atoms with van der Waals surface area (Å²) in [5.74, 6) is -3.32. The van der Waals surface area contributed by atoms with Gasteiger partial charge in [0.25, 0.3) is 0 Å². The van der Waals surface area contributed by atoms with Crippen molar-refractivity contribution < 1.29 is 23.0 Å². The number of aliphatic hydroxyl groups is 1. The number of likely N-dealkylation sites (N-methyl/N-ethyl adjacent to an activating group) is 1. The van der Waals surface area contributed by atoms with Crippen molar-refractivity contribution in [2.45, 2.75) is 25.1 Å². The summed E-state index contributed by atoms with van der Waals surface area (Å²) in [7, 11) is 3.41. The molecule has 3 aromatic rings. The molecular formula is C25H24F3N5O2. The minimum Gasteiger partial charge on any atom is -0.495 e. The fourth-order valence-corrected chi connectivity index (χ4v) is 4.53. The molecule has 2 atom stereocenters. The molecule has 2 aromatic carbocycles. The number of rotatable bonds is 5. The third-order valence-corrected chi connectivity index (χ3v) is 6.43. The van der Waals surface area contributed by atoms with Crippen LogP contribution in [-0.4, -0.2) is 57.4 Å². The van der Waals surface area contributed by atoms with Crippen LogP contribution in [0.2, 0.25) is 0 Å². The SMILES string of the molecule is COc1cc(/C=C/C2N=C3N(CCC3(O)c3cc(F)c(F)c(F)c3)N2C)ccc1-n1cnc(C)c1. The van der Waals surface area contributed by atoms with Gasteiger partial charge < -0.3 is 14.4 Å². The molecule has 1 aromatic heterocycles. The van der Waals surface area contributed by atoms with Crippen LogP contribution in [0.1, 0.15) is 23.2 Å². The number of ether oxygens (including phenoxy) is 1. The lowest BCUT2D eigenvalue weighted by Crippen LogP contribution is -2.42. The average Bonchev–Trinajstić information content (AvgIpc) is 3.51. The van der Waals surface area contributed by atoms with E-state index in [4.69, 9.17) is 4.74 Å². The minimum absolute atomic E-state index is 0.0664. The Morgan fingerprint density at radius 3 is 2.57 bits per heavy atom. The van der Waals surface area contributed by atoms with Crippen LogP contribution in [0.15, 0.2) is 53.9 Å². The van der Waals surface area contributed by atoms with Gasteiger partial charge in [0.15, 0.2) is 23.3 Å². The number of fused-ring (bicyclic) bond motifs is 1. The summed E-state index contributed by atoms with van der Waals surface area (Å²) >= 11 is 0. The molecule has 1 N–H and O–H groups in total. The second-order valence-electron chi connectivity index (χ2n) is 8.64. The second-order valence-corrected chi connectivity index (χ2v) is 8.64.